The quantitative estimate of drug-likeness (QED) is 0.677. The maximum atomic E-state index is 13.1. The average molecular weight is 398 g/mol. The molecular formula is C24H31NO4. The Morgan fingerprint density at radius 2 is 1.76 bits per heavy atom. The van der Waals surface area contributed by atoms with Gasteiger partial charge in [0, 0.05) is 12.0 Å². The van der Waals surface area contributed by atoms with Crippen molar-refractivity contribution in [2.75, 3.05) is 7.11 Å². The highest BCUT2D eigenvalue weighted by atomic mass is 16.5. The van der Waals surface area contributed by atoms with E-state index in [1.54, 1.807) is 7.11 Å². The third-order valence-corrected chi connectivity index (χ3v) is 5.80. The lowest BCUT2D eigenvalue weighted by molar-refractivity contribution is -0.129. The summed E-state index contributed by atoms with van der Waals surface area (Å²) in [5, 5.41) is 3.22. The predicted octanol–water partition coefficient (Wildman–Crippen LogP) is 5.05. The summed E-state index contributed by atoms with van der Waals surface area (Å²) in [5.74, 6) is 2.16. The van der Waals surface area contributed by atoms with Crippen LogP contribution >= 0.6 is 0 Å². The summed E-state index contributed by atoms with van der Waals surface area (Å²) >= 11 is 0. The number of nitrogens with one attached hydrogen (secondary N) is 1. The summed E-state index contributed by atoms with van der Waals surface area (Å²) < 4.78 is 17.5. The molecule has 1 amide bonds. The van der Waals surface area contributed by atoms with E-state index in [4.69, 9.17) is 14.2 Å². The lowest BCUT2D eigenvalue weighted by Crippen LogP contribution is -2.47. The van der Waals surface area contributed by atoms with E-state index in [1.807, 2.05) is 55.5 Å². The van der Waals surface area contributed by atoms with Gasteiger partial charge in [0.2, 0.25) is 0 Å². The zero-order valence-electron chi connectivity index (χ0n) is 17.7. The molecule has 0 spiro atoms. The van der Waals surface area contributed by atoms with Gasteiger partial charge in [0.05, 0.1) is 13.2 Å². The first-order valence-electron chi connectivity index (χ1n) is 10.4. The van der Waals surface area contributed by atoms with E-state index in [2.05, 4.69) is 19.2 Å². The van der Waals surface area contributed by atoms with Gasteiger partial charge in [-0.3, -0.25) is 4.79 Å². The van der Waals surface area contributed by atoms with Crippen molar-refractivity contribution in [1.82, 2.24) is 5.32 Å². The monoisotopic (exact) mass is 397 g/mol. The summed E-state index contributed by atoms with van der Waals surface area (Å²) in [4.78, 5) is 13.1. The van der Waals surface area contributed by atoms with Gasteiger partial charge in [-0.05, 0) is 49.6 Å². The van der Waals surface area contributed by atoms with Crippen LogP contribution in [0.3, 0.4) is 0 Å². The van der Waals surface area contributed by atoms with E-state index < -0.39 is 6.10 Å². The number of amides is 1. The van der Waals surface area contributed by atoms with Gasteiger partial charge >= 0.3 is 0 Å². The Hall–Kier alpha value is -2.69. The molecule has 0 fully saturated rings. The van der Waals surface area contributed by atoms with Crippen LogP contribution in [0.4, 0.5) is 0 Å². The van der Waals surface area contributed by atoms with Crippen LogP contribution in [0.2, 0.25) is 0 Å². The minimum absolute atomic E-state index is 0.0964. The Balaban J connectivity index is 1.76. The van der Waals surface area contributed by atoms with Gasteiger partial charge < -0.3 is 19.5 Å². The molecule has 2 aromatic carbocycles. The maximum Gasteiger partial charge on any atom is 0.261 e. The van der Waals surface area contributed by atoms with E-state index in [0.717, 1.165) is 36.3 Å². The molecule has 0 radical (unpaired) electrons. The highest BCUT2D eigenvalue weighted by Crippen LogP contribution is 2.42. The summed E-state index contributed by atoms with van der Waals surface area (Å²) in [6, 6.07) is 15.2. The SMILES string of the molecule is CCC(Oc1ccc(OC)cc1)C(=O)NC1CC(CC)(CC)Oc2ccccc21. The Morgan fingerprint density at radius 1 is 1.10 bits per heavy atom. The van der Waals surface area contributed by atoms with Crippen molar-refractivity contribution >= 4 is 5.91 Å². The highest BCUT2D eigenvalue weighted by molar-refractivity contribution is 5.81. The van der Waals surface area contributed by atoms with Crippen molar-refractivity contribution in [3.05, 3.63) is 54.1 Å². The van der Waals surface area contributed by atoms with Gasteiger partial charge in [0.1, 0.15) is 22.8 Å². The van der Waals surface area contributed by atoms with Gasteiger partial charge in [-0.2, -0.15) is 0 Å². The van der Waals surface area contributed by atoms with Crippen molar-refractivity contribution in [2.24, 2.45) is 0 Å². The summed E-state index contributed by atoms with van der Waals surface area (Å²) in [6.07, 6.45) is 2.56. The molecule has 1 aliphatic heterocycles. The van der Waals surface area contributed by atoms with Crippen LogP contribution in [0.1, 0.15) is 58.1 Å². The fraction of sp³-hybridized carbons (Fsp3) is 0.458. The van der Waals surface area contributed by atoms with Crippen molar-refractivity contribution in [3.63, 3.8) is 0 Å². The number of methoxy groups -OCH3 is 1. The molecule has 2 aromatic rings. The maximum absolute atomic E-state index is 13.1. The Bertz CT molecular complexity index is 814. The Morgan fingerprint density at radius 3 is 2.38 bits per heavy atom. The number of benzene rings is 2. The van der Waals surface area contributed by atoms with Crippen LogP contribution in [-0.2, 0) is 4.79 Å². The van der Waals surface area contributed by atoms with Crippen molar-refractivity contribution < 1.29 is 19.0 Å². The van der Waals surface area contributed by atoms with Crippen molar-refractivity contribution in [2.45, 2.75) is 64.2 Å². The van der Waals surface area contributed by atoms with Gasteiger partial charge in [0.25, 0.3) is 5.91 Å². The molecule has 0 saturated carbocycles. The van der Waals surface area contributed by atoms with Crippen LogP contribution in [0.15, 0.2) is 48.5 Å². The fourth-order valence-electron chi connectivity index (χ4n) is 3.84. The molecule has 5 heteroatoms. The molecular weight excluding hydrogens is 366 g/mol. The first kappa shape index (κ1) is 21.0. The molecule has 0 saturated heterocycles. The largest absolute Gasteiger partial charge is 0.497 e. The molecule has 5 nitrogen and oxygen atoms in total. The number of carbonyl (C=O) groups is 1. The molecule has 0 aromatic heterocycles. The van der Waals surface area contributed by atoms with Crippen LogP contribution < -0.4 is 19.5 Å². The number of ether oxygens (including phenoxy) is 3. The normalized spacial score (nSPS) is 18.1. The molecule has 1 aliphatic rings. The van der Waals surface area contributed by atoms with Crippen LogP contribution in [0.25, 0.3) is 0 Å². The second-order valence-electron chi connectivity index (χ2n) is 7.49. The van der Waals surface area contributed by atoms with Gasteiger partial charge in [-0.25, -0.2) is 0 Å². The summed E-state index contributed by atoms with van der Waals surface area (Å²) in [6.45, 7) is 6.23. The van der Waals surface area contributed by atoms with Crippen LogP contribution in [0.5, 0.6) is 17.2 Å². The first-order valence-corrected chi connectivity index (χ1v) is 10.4. The van der Waals surface area contributed by atoms with E-state index in [-0.39, 0.29) is 17.6 Å². The number of rotatable bonds is 8. The van der Waals surface area contributed by atoms with Crippen molar-refractivity contribution in [1.29, 1.82) is 0 Å². The van der Waals surface area contributed by atoms with Gasteiger partial charge in [-0.15, -0.1) is 0 Å². The standard InChI is InChI=1S/C24H31NO4/c1-5-21(28-18-14-12-17(27-4)13-15-18)23(26)25-20-16-24(6-2,7-3)29-22-11-9-8-10-19(20)22/h8-15,20-21H,5-7,16H2,1-4H3,(H,25,26). The van der Waals surface area contributed by atoms with Crippen LogP contribution in [-0.4, -0.2) is 24.7 Å². The molecule has 0 aliphatic carbocycles. The molecule has 29 heavy (non-hydrogen) atoms. The molecule has 1 heterocycles. The van der Waals surface area contributed by atoms with Gasteiger partial charge in [0.15, 0.2) is 6.10 Å². The lowest BCUT2D eigenvalue weighted by Gasteiger charge is -2.42. The topological polar surface area (TPSA) is 56.8 Å². The third-order valence-electron chi connectivity index (χ3n) is 5.80. The number of hydrogen-bond donors (Lipinski definition) is 1. The average Bonchev–Trinajstić information content (AvgIpc) is 2.77. The minimum Gasteiger partial charge on any atom is -0.497 e. The third kappa shape index (κ3) is 4.66. The highest BCUT2D eigenvalue weighted by Gasteiger charge is 2.39. The van der Waals surface area contributed by atoms with E-state index >= 15 is 0 Å². The zero-order valence-corrected chi connectivity index (χ0v) is 17.7. The summed E-state index contributed by atoms with van der Waals surface area (Å²) in [5.41, 5.74) is 0.767. The number of carbonyl (C=O) groups excluding carboxylic acids is 1. The van der Waals surface area contributed by atoms with Crippen molar-refractivity contribution in [3.8, 4) is 17.2 Å². The first-order chi connectivity index (χ1) is 14.0. The summed E-state index contributed by atoms with van der Waals surface area (Å²) in [7, 11) is 1.62. The minimum atomic E-state index is -0.559. The molecule has 1 N–H and O–H groups in total. The number of hydrogen-bond acceptors (Lipinski definition) is 4. The predicted molar refractivity (Wildman–Crippen MR) is 114 cm³/mol. The molecule has 0 bridgehead atoms. The second kappa shape index (κ2) is 9.21. The molecule has 2 atom stereocenters. The Labute approximate surface area is 173 Å². The Kier molecular flexibility index (Phi) is 6.68. The molecule has 156 valence electrons. The smallest absolute Gasteiger partial charge is 0.261 e. The van der Waals surface area contributed by atoms with Crippen LogP contribution in [0, 0.1) is 0 Å². The molecule has 3 rings (SSSR count). The number of para-hydroxylation sites is 1. The second-order valence-corrected chi connectivity index (χ2v) is 7.49. The van der Waals surface area contributed by atoms with E-state index in [0.29, 0.717) is 12.2 Å². The van der Waals surface area contributed by atoms with E-state index in [9.17, 15) is 4.79 Å². The van der Waals surface area contributed by atoms with E-state index in [1.165, 1.54) is 0 Å². The fourth-order valence-corrected chi connectivity index (χ4v) is 3.84. The molecule has 2 unspecified atom stereocenters. The number of fused-ring (bicyclic) bond motifs is 1. The van der Waals surface area contributed by atoms with Gasteiger partial charge in [-0.1, -0.05) is 39.0 Å². The zero-order chi connectivity index (χ0) is 20.9. The lowest BCUT2D eigenvalue weighted by atomic mass is 9.83.